The third kappa shape index (κ3) is 2.89. The Balaban J connectivity index is 1.78. The highest BCUT2D eigenvalue weighted by Crippen LogP contribution is 2.31. The first-order chi connectivity index (χ1) is 10.7. The molecule has 1 heterocycles. The van der Waals surface area contributed by atoms with E-state index in [2.05, 4.69) is 4.98 Å². The highest BCUT2D eigenvalue weighted by atomic mass is 32.2. The molecule has 2 aromatic carbocycles. The number of aromatic nitrogens is 1. The summed E-state index contributed by atoms with van der Waals surface area (Å²) in [6.07, 6.45) is 0. The van der Waals surface area contributed by atoms with Gasteiger partial charge in [0, 0.05) is 11.8 Å². The van der Waals surface area contributed by atoms with E-state index in [4.69, 9.17) is 9.15 Å². The molecule has 0 spiro atoms. The summed E-state index contributed by atoms with van der Waals surface area (Å²) in [5.74, 6) is 0.776. The summed E-state index contributed by atoms with van der Waals surface area (Å²) >= 11 is 1.39. The van der Waals surface area contributed by atoms with Crippen LogP contribution in [0.4, 0.5) is 5.69 Å². The van der Waals surface area contributed by atoms with Crippen LogP contribution in [-0.4, -0.2) is 17.0 Å². The molecule has 0 atom stereocenters. The second-order valence-corrected chi connectivity index (χ2v) is 5.43. The molecule has 0 unspecified atom stereocenters. The van der Waals surface area contributed by atoms with Crippen LogP contribution in [0.5, 0.6) is 5.75 Å². The molecule has 0 aliphatic carbocycles. The molecule has 0 bridgehead atoms. The van der Waals surface area contributed by atoms with Crippen molar-refractivity contribution in [2.45, 2.75) is 11.0 Å². The Kier molecular flexibility index (Phi) is 3.97. The highest BCUT2D eigenvalue weighted by Gasteiger charge is 2.15. The molecule has 0 saturated carbocycles. The number of rotatable bonds is 5. The number of nitro benzene ring substituents is 1. The molecule has 0 fully saturated rings. The second kappa shape index (κ2) is 6.07. The molecule has 7 heteroatoms. The van der Waals surface area contributed by atoms with E-state index in [-0.39, 0.29) is 11.4 Å². The predicted molar refractivity (Wildman–Crippen MR) is 83.2 cm³/mol. The van der Waals surface area contributed by atoms with Gasteiger partial charge in [0.15, 0.2) is 11.3 Å². The SMILES string of the molecule is COc1ccc(CSc2nc3ccccc3o2)cc1[N+](=O)[O-]. The monoisotopic (exact) mass is 316 g/mol. The Morgan fingerprint density at radius 1 is 1.32 bits per heavy atom. The molecule has 3 aromatic rings. The number of thioether (sulfide) groups is 1. The normalized spacial score (nSPS) is 10.8. The van der Waals surface area contributed by atoms with Crippen LogP contribution in [0.1, 0.15) is 5.56 Å². The number of ether oxygens (including phenoxy) is 1. The molecule has 1 aromatic heterocycles. The topological polar surface area (TPSA) is 78.4 Å². The van der Waals surface area contributed by atoms with Crippen molar-refractivity contribution in [3.8, 4) is 5.75 Å². The van der Waals surface area contributed by atoms with E-state index >= 15 is 0 Å². The molecule has 6 nitrogen and oxygen atoms in total. The number of nitro groups is 1. The fraction of sp³-hybridized carbons (Fsp3) is 0.133. The lowest BCUT2D eigenvalue weighted by molar-refractivity contribution is -0.385. The van der Waals surface area contributed by atoms with Gasteiger partial charge in [0.05, 0.1) is 12.0 Å². The van der Waals surface area contributed by atoms with Crippen LogP contribution in [0.3, 0.4) is 0 Å². The summed E-state index contributed by atoms with van der Waals surface area (Å²) in [7, 11) is 1.41. The second-order valence-electron chi connectivity index (χ2n) is 4.50. The van der Waals surface area contributed by atoms with Gasteiger partial charge >= 0.3 is 5.69 Å². The van der Waals surface area contributed by atoms with Gasteiger partial charge in [-0.3, -0.25) is 10.1 Å². The van der Waals surface area contributed by atoms with E-state index in [1.165, 1.54) is 24.9 Å². The molecular formula is C15H12N2O4S. The highest BCUT2D eigenvalue weighted by molar-refractivity contribution is 7.98. The van der Waals surface area contributed by atoms with Crippen molar-refractivity contribution < 1.29 is 14.1 Å². The van der Waals surface area contributed by atoms with Crippen molar-refractivity contribution in [3.05, 3.63) is 58.1 Å². The first-order valence-corrected chi connectivity index (χ1v) is 7.45. The van der Waals surface area contributed by atoms with Gasteiger partial charge in [0.2, 0.25) is 0 Å². The maximum absolute atomic E-state index is 11.0. The number of benzene rings is 2. The maximum atomic E-state index is 11.0. The summed E-state index contributed by atoms with van der Waals surface area (Å²) in [6, 6.07) is 12.4. The van der Waals surface area contributed by atoms with Crippen LogP contribution in [0.25, 0.3) is 11.1 Å². The van der Waals surface area contributed by atoms with Gasteiger partial charge in [-0.25, -0.2) is 4.98 Å². The number of oxazole rings is 1. The fourth-order valence-electron chi connectivity index (χ4n) is 2.03. The molecule has 0 saturated heterocycles. The molecule has 0 radical (unpaired) electrons. The predicted octanol–water partition coefficient (Wildman–Crippen LogP) is 4.04. The van der Waals surface area contributed by atoms with Crippen LogP contribution in [-0.2, 0) is 5.75 Å². The zero-order valence-corrected chi connectivity index (χ0v) is 12.5. The third-order valence-corrected chi connectivity index (χ3v) is 3.98. The molecule has 22 heavy (non-hydrogen) atoms. The smallest absolute Gasteiger partial charge is 0.311 e. The van der Waals surface area contributed by atoms with Crippen molar-refractivity contribution in [3.63, 3.8) is 0 Å². The van der Waals surface area contributed by atoms with Gasteiger partial charge in [-0.15, -0.1) is 0 Å². The molecule has 112 valence electrons. The van der Waals surface area contributed by atoms with Gasteiger partial charge in [-0.2, -0.15) is 0 Å². The van der Waals surface area contributed by atoms with E-state index in [1.54, 1.807) is 12.1 Å². The van der Waals surface area contributed by atoms with Crippen molar-refractivity contribution in [2.24, 2.45) is 0 Å². The third-order valence-electron chi connectivity index (χ3n) is 3.08. The van der Waals surface area contributed by atoms with Crippen LogP contribution < -0.4 is 4.74 Å². The Bertz CT molecular complexity index is 798. The molecule has 0 amide bonds. The Hall–Kier alpha value is -2.54. The lowest BCUT2D eigenvalue weighted by atomic mass is 10.2. The van der Waals surface area contributed by atoms with Gasteiger partial charge in [-0.05, 0) is 23.8 Å². The van der Waals surface area contributed by atoms with Crippen LogP contribution in [0.15, 0.2) is 52.1 Å². The van der Waals surface area contributed by atoms with Crippen molar-refractivity contribution in [1.29, 1.82) is 0 Å². The minimum absolute atomic E-state index is 0.0434. The van der Waals surface area contributed by atoms with E-state index in [1.807, 2.05) is 24.3 Å². The molecule has 0 N–H and O–H groups in total. The molecule has 3 rings (SSSR count). The van der Waals surface area contributed by atoms with Crippen molar-refractivity contribution >= 4 is 28.5 Å². The Morgan fingerprint density at radius 3 is 2.86 bits per heavy atom. The standard InChI is InChI=1S/C15H12N2O4S/c1-20-14-7-6-10(8-12(14)17(18)19)9-22-15-16-11-4-2-3-5-13(11)21-15/h2-8H,9H2,1H3. The number of fused-ring (bicyclic) bond motifs is 1. The number of para-hydroxylation sites is 2. The van der Waals surface area contributed by atoms with Gasteiger partial charge in [-0.1, -0.05) is 30.0 Å². The minimum Gasteiger partial charge on any atom is -0.490 e. The number of hydrogen-bond donors (Lipinski definition) is 0. The van der Waals surface area contributed by atoms with Gasteiger partial charge in [0.25, 0.3) is 5.22 Å². The Morgan fingerprint density at radius 2 is 2.14 bits per heavy atom. The molecular weight excluding hydrogens is 304 g/mol. The van der Waals surface area contributed by atoms with Crippen LogP contribution in [0, 0.1) is 10.1 Å². The van der Waals surface area contributed by atoms with Crippen LogP contribution >= 0.6 is 11.8 Å². The van der Waals surface area contributed by atoms with E-state index in [0.29, 0.717) is 11.0 Å². The lowest BCUT2D eigenvalue weighted by Gasteiger charge is -2.03. The quantitative estimate of drug-likeness (QED) is 0.401. The number of nitrogens with zero attached hydrogens (tertiary/aromatic N) is 2. The molecule has 0 aliphatic heterocycles. The van der Waals surface area contributed by atoms with Gasteiger partial charge in [0.1, 0.15) is 5.52 Å². The van der Waals surface area contributed by atoms with Gasteiger partial charge < -0.3 is 9.15 Å². The number of methoxy groups -OCH3 is 1. The van der Waals surface area contributed by atoms with Crippen LogP contribution in [0.2, 0.25) is 0 Å². The first kappa shape index (κ1) is 14.4. The summed E-state index contributed by atoms with van der Waals surface area (Å²) in [4.78, 5) is 14.9. The van der Waals surface area contributed by atoms with Crippen molar-refractivity contribution in [1.82, 2.24) is 4.98 Å². The van der Waals surface area contributed by atoms with E-state index in [9.17, 15) is 10.1 Å². The fourth-order valence-corrected chi connectivity index (χ4v) is 2.81. The average Bonchev–Trinajstić information content (AvgIpc) is 2.95. The van der Waals surface area contributed by atoms with E-state index < -0.39 is 4.92 Å². The molecule has 0 aliphatic rings. The summed E-state index contributed by atoms with van der Waals surface area (Å²) in [5.41, 5.74) is 2.29. The number of hydrogen-bond acceptors (Lipinski definition) is 6. The summed E-state index contributed by atoms with van der Waals surface area (Å²) < 4.78 is 10.6. The van der Waals surface area contributed by atoms with Crippen molar-refractivity contribution in [2.75, 3.05) is 7.11 Å². The maximum Gasteiger partial charge on any atom is 0.311 e. The zero-order chi connectivity index (χ0) is 15.5. The largest absolute Gasteiger partial charge is 0.490 e. The minimum atomic E-state index is -0.452. The zero-order valence-electron chi connectivity index (χ0n) is 11.7. The van der Waals surface area contributed by atoms with E-state index in [0.717, 1.165) is 16.7 Å². The average molecular weight is 316 g/mol. The first-order valence-electron chi connectivity index (χ1n) is 6.47. The Labute approximate surface area is 130 Å². The lowest BCUT2D eigenvalue weighted by Crippen LogP contribution is -1.95. The summed E-state index contributed by atoms with van der Waals surface area (Å²) in [6.45, 7) is 0. The summed E-state index contributed by atoms with van der Waals surface area (Å²) in [5, 5.41) is 11.6.